The molecule has 0 aromatic rings. The van der Waals surface area contributed by atoms with E-state index in [4.69, 9.17) is 10.7 Å². The third-order valence-electron chi connectivity index (χ3n) is 4.64. The van der Waals surface area contributed by atoms with E-state index in [2.05, 4.69) is 11.9 Å². The lowest BCUT2D eigenvalue weighted by atomic mass is 9.82. The zero-order chi connectivity index (χ0) is 11.1. The van der Waals surface area contributed by atoms with Crippen molar-refractivity contribution in [1.29, 1.82) is 0 Å². The Morgan fingerprint density at radius 3 is 2.31 bits per heavy atom. The molecule has 2 atom stereocenters. The molecule has 3 rings (SSSR count). The van der Waals surface area contributed by atoms with Crippen molar-refractivity contribution in [3.05, 3.63) is 0 Å². The fraction of sp³-hybridized carbons (Fsp3) is 0.923. The van der Waals surface area contributed by atoms with E-state index in [1.165, 1.54) is 44.9 Å². The summed E-state index contributed by atoms with van der Waals surface area (Å²) in [5.74, 6) is 1.59. The SMILES string of the molecule is CN1C2CCCC1CC(N=C(N)C1CC1)C2. The number of hydrogen-bond donors (Lipinski definition) is 1. The summed E-state index contributed by atoms with van der Waals surface area (Å²) < 4.78 is 0. The molecule has 2 saturated heterocycles. The molecule has 0 radical (unpaired) electrons. The topological polar surface area (TPSA) is 41.6 Å². The molecule has 90 valence electrons. The molecular formula is C13H23N3. The van der Waals surface area contributed by atoms with Gasteiger partial charge in [0, 0.05) is 18.0 Å². The number of rotatable bonds is 2. The molecule has 16 heavy (non-hydrogen) atoms. The van der Waals surface area contributed by atoms with E-state index in [0.717, 1.165) is 17.9 Å². The summed E-state index contributed by atoms with van der Waals surface area (Å²) >= 11 is 0. The maximum atomic E-state index is 6.03. The zero-order valence-electron chi connectivity index (χ0n) is 10.2. The van der Waals surface area contributed by atoms with Crippen LogP contribution < -0.4 is 5.73 Å². The zero-order valence-corrected chi connectivity index (χ0v) is 10.2. The van der Waals surface area contributed by atoms with Crippen LogP contribution >= 0.6 is 0 Å². The molecule has 2 heterocycles. The van der Waals surface area contributed by atoms with Crippen LogP contribution in [0, 0.1) is 5.92 Å². The molecule has 2 unspecified atom stereocenters. The predicted octanol–water partition coefficient (Wildman–Crippen LogP) is 1.77. The maximum absolute atomic E-state index is 6.03. The molecule has 2 aliphatic heterocycles. The van der Waals surface area contributed by atoms with Crippen LogP contribution in [0.1, 0.15) is 44.9 Å². The quantitative estimate of drug-likeness (QED) is 0.570. The Kier molecular flexibility index (Phi) is 2.66. The Balaban J connectivity index is 1.67. The van der Waals surface area contributed by atoms with Crippen LogP contribution in [-0.4, -0.2) is 35.9 Å². The Hall–Kier alpha value is -0.570. The van der Waals surface area contributed by atoms with Gasteiger partial charge in [-0.1, -0.05) is 6.42 Å². The lowest BCUT2D eigenvalue weighted by molar-refractivity contribution is 0.0574. The number of piperidine rings is 2. The van der Waals surface area contributed by atoms with Crippen molar-refractivity contribution in [2.75, 3.05) is 7.05 Å². The van der Waals surface area contributed by atoms with E-state index in [9.17, 15) is 0 Å². The van der Waals surface area contributed by atoms with Gasteiger partial charge in [0.1, 0.15) is 0 Å². The third-order valence-corrected chi connectivity index (χ3v) is 4.64. The minimum absolute atomic E-state index is 0.520. The average Bonchev–Trinajstić information content (AvgIpc) is 3.02. The second-order valence-corrected chi connectivity index (χ2v) is 5.86. The van der Waals surface area contributed by atoms with Gasteiger partial charge in [0.2, 0.25) is 0 Å². The van der Waals surface area contributed by atoms with Crippen LogP contribution in [0.15, 0.2) is 4.99 Å². The normalized spacial score (nSPS) is 41.1. The second-order valence-electron chi connectivity index (χ2n) is 5.86. The molecule has 2 N–H and O–H groups in total. The predicted molar refractivity (Wildman–Crippen MR) is 66.6 cm³/mol. The van der Waals surface area contributed by atoms with Crippen LogP contribution in [0.5, 0.6) is 0 Å². The summed E-state index contributed by atoms with van der Waals surface area (Å²) in [5, 5.41) is 0. The van der Waals surface area contributed by atoms with E-state index in [1.807, 2.05) is 0 Å². The highest BCUT2D eigenvalue weighted by Crippen LogP contribution is 2.35. The summed E-state index contributed by atoms with van der Waals surface area (Å²) in [6, 6.07) is 2.06. The minimum Gasteiger partial charge on any atom is -0.387 e. The molecule has 3 heteroatoms. The summed E-state index contributed by atoms with van der Waals surface area (Å²) in [4.78, 5) is 7.37. The Morgan fingerprint density at radius 2 is 1.75 bits per heavy atom. The van der Waals surface area contributed by atoms with Gasteiger partial charge in [-0.15, -0.1) is 0 Å². The van der Waals surface area contributed by atoms with Crippen LogP contribution in [-0.2, 0) is 0 Å². The second kappa shape index (κ2) is 4.02. The van der Waals surface area contributed by atoms with E-state index in [0.29, 0.717) is 12.0 Å². The molecule has 0 aromatic carbocycles. The Morgan fingerprint density at radius 1 is 1.12 bits per heavy atom. The largest absolute Gasteiger partial charge is 0.387 e. The molecule has 0 aromatic heterocycles. The first-order chi connectivity index (χ1) is 7.74. The summed E-state index contributed by atoms with van der Waals surface area (Å²) in [6.07, 6.45) is 9.16. The molecule has 2 bridgehead atoms. The summed E-state index contributed by atoms with van der Waals surface area (Å²) in [6.45, 7) is 0. The van der Waals surface area contributed by atoms with Crippen molar-refractivity contribution >= 4 is 5.84 Å². The number of nitrogens with two attached hydrogens (primary N) is 1. The molecule has 3 fully saturated rings. The van der Waals surface area contributed by atoms with E-state index in [-0.39, 0.29) is 0 Å². The third kappa shape index (κ3) is 1.97. The smallest absolute Gasteiger partial charge is 0.0971 e. The van der Waals surface area contributed by atoms with Gasteiger partial charge in [-0.3, -0.25) is 4.99 Å². The van der Waals surface area contributed by atoms with Crippen molar-refractivity contribution in [3.8, 4) is 0 Å². The molecule has 3 aliphatic rings. The lowest BCUT2D eigenvalue weighted by Gasteiger charge is -2.46. The highest BCUT2D eigenvalue weighted by atomic mass is 15.2. The monoisotopic (exact) mass is 221 g/mol. The Labute approximate surface area is 98.1 Å². The number of fused-ring (bicyclic) bond motifs is 2. The van der Waals surface area contributed by atoms with Crippen molar-refractivity contribution in [3.63, 3.8) is 0 Å². The van der Waals surface area contributed by atoms with E-state index in [1.54, 1.807) is 0 Å². The summed E-state index contributed by atoms with van der Waals surface area (Å²) in [7, 11) is 2.29. The maximum Gasteiger partial charge on any atom is 0.0971 e. The fourth-order valence-corrected chi connectivity index (χ4v) is 3.39. The van der Waals surface area contributed by atoms with Gasteiger partial charge in [-0.25, -0.2) is 0 Å². The van der Waals surface area contributed by atoms with Crippen molar-refractivity contribution < 1.29 is 0 Å². The average molecular weight is 221 g/mol. The van der Waals surface area contributed by atoms with Gasteiger partial charge < -0.3 is 10.6 Å². The van der Waals surface area contributed by atoms with Crippen LogP contribution in [0.3, 0.4) is 0 Å². The van der Waals surface area contributed by atoms with Crippen molar-refractivity contribution in [2.24, 2.45) is 16.6 Å². The number of nitrogens with zero attached hydrogens (tertiary/aromatic N) is 2. The fourth-order valence-electron chi connectivity index (χ4n) is 3.39. The van der Waals surface area contributed by atoms with Crippen LogP contribution in [0.4, 0.5) is 0 Å². The minimum atomic E-state index is 0.520. The lowest BCUT2D eigenvalue weighted by Crippen LogP contribution is -2.51. The molecule has 3 nitrogen and oxygen atoms in total. The van der Waals surface area contributed by atoms with E-state index < -0.39 is 0 Å². The van der Waals surface area contributed by atoms with Gasteiger partial charge in [-0.05, 0) is 45.6 Å². The summed E-state index contributed by atoms with van der Waals surface area (Å²) in [5.41, 5.74) is 6.03. The van der Waals surface area contributed by atoms with Gasteiger partial charge >= 0.3 is 0 Å². The molecular weight excluding hydrogens is 198 g/mol. The number of hydrogen-bond acceptors (Lipinski definition) is 2. The van der Waals surface area contributed by atoms with Crippen molar-refractivity contribution in [1.82, 2.24) is 4.90 Å². The first-order valence-corrected chi connectivity index (χ1v) is 6.79. The first-order valence-electron chi connectivity index (χ1n) is 6.79. The van der Waals surface area contributed by atoms with Gasteiger partial charge in [-0.2, -0.15) is 0 Å². The highest BCUT2D eigenvalue weighted by molar-refractivity contribution is 5.85. The van der Waals surface area contributed by atoms with Crippen LogP contribution in [0.2, 0.25) is 0 Å². The van der Waals surface area contributed by atoms with Gasteiger partial charge in [0.15, 0.2) is 0 Å². The van der Waals surface area contributed by atoms with Gasteiger partial charge in [0.25, 0.3) is 0 Å². The standard InChI is InChI=1S/C13H23N3/c1-16-11-3-2-4-12(16)8-10(7-11)15-13(14)9-5-6-9/h9-12H,2-8H2,1H3,(H2,14,15). The number of amidine groups is 1. The van der Waals surface area contributed by atoms with Crippen molar-refractivity contribution in [2.45, 2.75) is 63.1 Å². The Bertz CT molecular complexity index is 282. The van der Waals surface area contributed by atoms with Gasteiger partial charge in [0.05, 0.1) is 11.9 Å². The highest BCUT2D eigenvalue weighted by Gasteiger charge is 2.36. The number of aliphatic imine (C=N–C) groups is 1. The van der Waals surface area contributed by atoms with Crippen LogP contribution in [0.25, 0.3) is 0 Å². The molecule has 0 spiro atoms. The van der Waals surface area contributed by atoms with E-state index >= 15 is 0 Å². The first kappa shape index (κ1) is 10.6. The molecule has 1 saturated carbocycles. The molecule has 1 aliphatic carbocycles. The molecule has 0 amide bonds.